The van der Waals surface area contributed by atoms with Crippen molar-refractivity contribution in [1.82, 2.24) is 0 Å². The molecule has 0 bridgehead atoms. The van der Waals surface area contributed by atoms with Gasteiger partial charge in [-0.2, -0.15) is 0 Å². The summed E-state index contributed by atoms with van der Waals surface area (Å²) in [6.45, 7) is 3.29. The lowest BCUT2D eigenvalue weighted by molar-refractivity contribution is 0.101. The van der Waals surface area contributed by atoms with Crippen molar-refractivity contribution in [2.45, 2.75) is 13.8 Å². The fraction of sp³-hybridized carbons (Fsp3) is 0.133. The zero-order chi connectivity index (χ0) is 14.0. The minimum Gasteiger partial charge on any atom is -0.453 e. The molecule has 2 nitrogen and oxygen atoms in total. The molecule has 0 aliphatic carbocycles. The van der Waals surface area contributed by atoms with E-state index >= 15 is 0 Å². The number of carbonyl (C=O) groups is 1. The zero-order valence-corrected chi connectivity index (χ0v) is 12.1. The summed E-state index contributed by atoms with van der Waals surface area (Å²) in [7, 11) is 0. The number of aryl methyl sites for hydroxylation is 1. The highest BCUT2D eigenvalue weighted by Crippen LogP contribution is 2.31. The van der Waals surface area contributed by atoms with E-state index < -0.39 is 5.82 Å². The lowest BCUT2D eigenvalue weighted by Gasteiger charge is -2.11. The third-order valence-corrected chi connectivity index (χ3v) is 3.12. The molecule has 0 saturated carbocycles. The average molecular weight is 323 g/mol. The van der Waals surface area contributed by atoms with Crippen molar-refractivity contribution in [3.8, 4) is 11.5 Å². The Morgan fingerprint density at radius 1 is 1.16 bits per heavy atom. The minimum atomic E-state index is -0.458. The lowest BCUT2D eigenvalue weighted by Crippen LogP contribution is -1.98. The van der Waals surface area contributed by atoms with Gasteiger partial charge in [-0.15, -0.1) is 0 Å². The van der Waals surface area contributed by atoms with Crippen LogP contribution in [0, 0.1) is 12.7 Å². The number of benzene rings is 2. The largest absolute Gasteiger partial charge is 0.453 e. The second-order valence-electron chi connectivity index (χ2n) is 4.23. The van der Waals surface area contributed by atoms with Gasteiger partial charge >= 0.3 is 0 Å². The molecule has 0 aliphatic rings. The molecule has 2 aromatic carbocycles. The summed E-state index contributed by atoms with van der Waals surface area (Å²) in [6, 6.07) is 9.65. The van der Waals surface area contributed by atoms with Crippen LogP contribution in [0.2, 0.25) is 0 Å². The first kappa shape index (κ1) is 13.7. The van der Waals surface area contributed by atoms with Crippen molar-refractivity contribution < 1.29 is 13.9 Å². The highest BCUT2D eigenvalue weighted by molar-refractivity contribution is 9.10. The molecule has 98 valence electrons. The Morgan fingerprint density at radius 3 is 2.58 bits per heavy atom. The molecule has 0 aliphatic heterocycles. The standard InChI is InChI=1S/C15H12BrFO2/c1-9-3-6-13(17)15(7-9)19-14-8-11(16)4-5-12(14)10(2)18/h3-8H,1-2H3. The molecule has 0 amide bonds. The molecular weight excluding hydrogens is 311 g/mol. The smallest absolute Gasteiger partial charge is 0.165 e. The average Bonchev–Trinajstić information content (AvgIpc) is 2.33. The Bertz CT molecular complexity index is 638. The Kier molecular flexibility index (Phi) is 4.00. The van der Waals surface area contributed by atoms with Gasteiger partial charge in [-0.05, 0) is 49.7 Å². The minimum absolute atomic E-state index is 0.112. The van der Waals surface area contributed by atoms with Crippen LogP contribution in [0.1, 0.15) is 22.8 Å². The molecule has 0 radical (unpaired) electrons. The summed E-state index contributed by atoms with van der Waals surface area (Å²) in [5.74, 6) is -0.136. The summed E-state index contributed by atoms with van der Waals surface area (Å²) >= 11 is 3.31. The van der Waals surface area contributed by atoms with Crippen LogP contribution in [-0.4, -0.2) is 5.78 Å². The summed E-state index contributed by atoms with van der Waals surface area (Å²) < 4.78 is 20.0. The molecule has 0 N–H and O–H groups in total. The van der Waals surface area contributed by atoms with Crippen molar-refractivity contribution in [2.24, 2.45) is 0 Å². The van der Waals surface area contributed by atoms with Crippen LogP contribution in [0.5, 0.6) is 11.5 Å². The van der Waals surface area contributed by atoms with Gasteiger partial charge in [-0.3, -0.25) is 4.79 Å². The number of hydrogen-bond donors (Lipinski definition) is 0. The Morgan fingerprint density at radius 2 is 1.89 bits per heavy atom. The maximum absolute atomic E-state index is 13.7. The van der Waals surface area contributed by atoms with Crippen molar-refractivity contribution in [3.63, 3.8) is 0 Å². The Balaban J connectivity index is 2.45. The normalized spacial score (nSPS) is 10.3. The van der Waals surface area contributed by atoms with Gasteiger partial charge in [0.2, 0.25) is 0 Å². The number of ketones is 1. The van der Waals surface area contributed by atoms with Gasteiger partial charge in [0, 0.05) is 4.47 Å². The first-order chi connectivity index (χ1) is 8.97. The number of Topliss-reactive ketones (excluding diaryl/α,β-unsaturated/α-hetero) is 1. The molecule has 2 aromatic rings. The molecule has 0 spiro atoms. The molecule has 0 fully saturated rings. The number of rotatable bonds is 3. The molecular formula is C15H12BrFO2. The Hall–Kier alpha value is -1.68. The Labute approximate surface area is 119 Å². The molecule has 0 aromatic heterocycles. The van der Waals surface area contributed by atoms with E-state index in [-0.39, 0.29) is 11.5 Å². The fourth-order valence-corrected chi connectivity index (χ4v) is 2.02. The van der Waals surface area contributed by atoms with E-state index in [1.807, 2.05) is 6.92 Å². The quantitative estimate of drug-likeness (QED) is 0.752. The highest BCUT2D eigenvalue weighted by atomic mass is 79.9. The van der Waals surface area contributed by atoms with E-state index in [2.05, 4.69) is 15.9 Å². The highest BCUT2D eigenvalue weighted by Gasteiger charge is 2.12. The van der Waals surface area contributed by atoms with Crippen LogP contribution in [-0.2, 0) is 0 Å². The van der Waals surface area contributed by atoms with Crippen LogP contribution >= 0.6 is 15.9 Å². The molecule has 2 rings (SSSR count). The molecule has 0 saturated heterocycles. The molecule has 0 unspecified atom stereocenters. The maximum Gasteiger partial charge on any atom is 0.165 e. The summed E-state index contributed by atoms with van der Waals surface area (Å²) in [5, 5.41) is 0. The molecule has 0 atom stereocenters. The van der Waals surface area contributed by atoms with Crippen LogP contribution in [0.15, 0.2) is 40.9 Å². The predicted molar refractivity (Wildman–Crippen MR) is 75.4 cm³/mol. The molecule has 19 heavy (non-hydrogen) atoms. The van der Waals surface area contributed by atoms with Gasteiger partial charge in [0.15, 0.2) is 17.3 Å². The van der Waals surface area contributed by atoms with Crippen molar-refractivity contribution in [3.05, 3.63) is 57.8 Å². The summed E-state index contributed by atoms with van der Waals surface area (Å²) in [6.07, 6.45) is 0. The predicted octanol–water partition coefficient (Wildman–Crippen LogP) is 4.89. The zero-order valence-electron chi connectivity index (χ0n) is 10.5. The first-order valence-electron chi connectivity index (χ1n) is 5.72. The number of carbonyl (C=O) groups excluding carboxylic acids is 1. The number of ether oxygens (including phenoxy) is 1. The number of hydrogen-bond acceptors (Lipinski definition) is 2. The number of halogens is 2. The monoisotopic (exact) mass is 322 g/mol. The van der Waals surface area contributed by atoms with E-state index in [0.29, 0.717) is 11.3 Å². The topological polar surface area (TPSA) is 26.3 Å². The first-order valence-corrected chi connectivity index (χ1v) is 6.51. The van der Waals surface area contributed by atoms with Crippen LogP contribution in [0.4, 0.5) is 4.39 Å². The maximum atomic E-state index is 13.7. The fourth-order valence-electron chi connectivity index (χ4n) is 1.68. The molecule has 0 heterocycles. The third kappa shape index (κ3) is 3.20. The van der Waals surface area contributed by atoms with Crippen LogP contribution in [0.25, 0.3) is 0 Å². The van der Waals surface area contributed by atoms with Gasteiger partial charge in [-0.1, -0.05) is 22.0 Å². The second kappa shape index (κ2) is 5.53. The van der Waals surface area contributed by atoms with E-state index in [1.165, 1.54) is 13.0 Å². The van der Waals surface area contributed by atoms with Crippen molar-refractivity contribution >= 4 is 21.7 Å². The van der Waals surface area contributed by atoms with E-state index in [1.54, 1.807) is 30.3 Å². The van der Waals surface area contributed by atoms with Crippen LogP contribution < -0.4 is 4.74 Å². The second-order valence-corrected chi connectivity index (χ2v) is 5.15. The summed E-state index contributed by atoms with van der Waals surface area (Å²) in [4.78, 5) is 11.5. The van der Waals surface area contributed by atoms with Gasteiger partial charge in [-0.25, -0.2) is 4.39 Å². The van der Waals surface area contributed by atoms with Gasteiger partial charge in [0.25, 0.3) is 0 Å². The van der Waals surface area contributed by atoms with Crippen molar-refractivity contribution in [2.75, 3.05) is 0 Å². The van der Waals surface area contributed by atoms with Crippen molar-refractivity contribution in [1.29, 1.82) is 0 Å². The van der Waals surface area contributed by atoms with Gasteiger partial charge < -0.3 is 4.74 Å². The van der Waals surface area contributed by atoms with Crippen LogP contribution in [0.3, 0.4) is 0 Å². The summed E-state index contributed by atoms with van der Waals surface area (Å²) in [5.41, 5.74) is 1.31. The van der Waals surface area contributed by atoms with E-state index in [0.717, 1.165) is 10.0 Å². The van der Waals surface area contributed by atoms with E-state index in [9.17, 15) is 9.18 Å². The lowest BCUT2D eigenvalue weighted by atomic mass is 10.1. The van der Waals surface area contributed by atoms with Gasteiger partial charge in [0.05, 0.1) is 5.56 Å². The molecule has 4 heteroatoms. The van der Waals surface area contributed by atoms with E-state index in [4.69, 9.17) is 4.74 Å². The third-order valence-electron chi connectivity index (χ3n) is 2.63. The van der Waals surface area contributed by atoms with Gasteiger partial charge in [0.1, 0.15) is 5.75 Å². The SMILES string of the molecule is CC(=O)c1ccc(Br)cc1Oc1cc(C)ccc1F.